The van der Waals surface area contributed by atoms with Gasteiger partial charge in [-0.05, 0) is 6.92 Å². The van der Waals surface area contributed by atoms with Crippen LogP contribution < -0.4 is 0 Å². The highest BCUT2D eigenvalue weighted by Gasteiger charge is 1.95. The summed E-state index contributed by atoms with van der Waals surface area (Å²) in [4.78, 5) is 10.4. The van der Waals surface area contributed by atoms with E-state index in [9.17, 15) is 4.79 Å². The van der Waals surface area contributed by atoms with Gasteiger partial charge in [0, 0.05) is 6.20 Å². The molecule has 0 spiro atoms. The van der Waals surface area contributed by atoms with Crippen LogP contribution >= 0.6 is 0 Å². The summed E-state index contributed by atoms with van der Waals surface area (Å²) < 4.78 is 0. The fourth-order valence-corrected chi connectivity index (χ4v) is 0.443. The van der Waals surface area contributed by atoms with Gasteiger partial charge in [0.15, 0.2) is 5.78 Å². The van der Waals surface area contributed by atoms with Gasteiger partial charge in [0.05, 0.1) is 11.8 Å². The third-order valence-corrected chi connectivity index (χ3v) is 0.905. The highest BCUT2D eigenvalue weighted by molar-refractivity contribution is 5.93. The molecule has 1 heterocycles. The molecular weight excluding hydrogens is 128 g/mol. The number of carbonyl (C=O) groups is 1. The molecule has 0 amide bonds. The number of nitrogens with one attached hydrogen (secondary N) is 1. The van der Waals surface area contributed by atoms with Crippen molar-refractivity contribution in [1.29, 1.82) is 0 Å². The standard InChI is InChI=1S/C5H6N2O.C2H4/c1-4(8)5-2-6-7-3-5;1-2/h2-3H,1H3,(H,6,7);1-2H2. The minimum Gasteiger partial charge on any atom is -0.294 e. The zero-order chi connectivity index (χ0) is 7.98. The number of nitrogens with zero attached hydrogens (tertiary/aromatic N) is 1. The summed E-state index contributed by atoms with van der Waals surface area (Å²) in [5.74, 6) is 0.0405. The van der Waals surface area contributed by atoms with E-state index in [4.69, 9.17) is 0 Å². The summed E-state index contributed by atoms with van der Waals surface area (Å²) in [6.45, 7) is 7.50. The Morgan fingerprint density at radius 1 is 1.70 bits per heavy atom. The first-order chi connectivity index (χ1) is 4.80. The lowest BCUT2D eigenvalue weighted by molar-refractivity contribution is 0.101. The van der Waals surface area contributed by atoms with E-state index < -0.39 is 0 Å². The monoisotopic (exact) mass is 138 g/mol. The maximum atomic E-state index is 10.4. The van der Waals surface area contributed by atoms with Crippen molar-refractivity contribution in [3.8, 4) is 0 Å². The lowest BCUT2D eigenvalue weighted by atomic mass is 10.3. The summed E-state index contributed by atoms with van der Waals surface area (Å²) in [6, 6.07) is 0. The molecule has 0 bridgehead atoms. The molecule has 1 rings (SSSR count). The quantitative estimate of drug-likeness (QED) is 0.471. The second-order valence-corrected chi connectivity index (χ2v) is 1.54. The molecule has 3 heteroatoms. The fourth-order valence-electron chi connectivity index (χ4n) is 0.443. The van der Waals surface area contributed by atoms with Crippen LogP contribution in [0, 0.1) is 0 Å². The Hall–Kier alpha value is -1.38. The molecule has 1 aromatic heterocycles. The highest BCUT2D eigenvalue weighted by Crippen LogP contribution is 1.92. The summed E-state index contributed by atoms with van der Waals surface area (Å²) >= 11 is 0. The average molecular weight is 138 g/mol. The average Bonchev–Trinajstić information content (AvgIpc) is 2.42. The summed E-state index contributed by atoms with van der Waals surface area (Å²) in [6.07, 6.45) is 3.07. The molecule has 10 heavy (non-hydrogen) atoms. The Morgan fingerprint density at radius 2 is 2.30 bits per heavy atom. The number of H-pyrrole nitrogens is 1. The largest absolute Gasteiger partial charge is 0.294 e. The first-order valence-electron chi connectivity index (χ1n) is 2.80. The van der Waals surface area contributed by atoms with E-state index in [2.05, 4.69) is 23.4 Å². The molecule has 1 aromatic rings. The van der Waals surface area contributed by atoms with Crippen molar-refractivity contribution in [3.05, 3.63) is 31.1 Å². The van der Waals surface area contributed by atoms with E-state index in [0.717, 1.165) is 0 Å². The molecule has 0 unspecified atom stereocenters. The second-order valence-electron chi connectivity index (χ2n) is 1.54. The number of aromatic nitrogens is 2. The first-order valence-corrected chi connectivity index (χ1v) is 2.80. The third kappa shape index (κ3) is 2.26. The molecule has 0 aliphatic carbocycles. The van der Waals surface area contributed by atoms with E-state index in [-0.39, 0.29) is 5.78 Å². The number of aromatic amines is 1. The van der Waals surface area contributed by atoms with Gasteiger partial charge in [-0.1, -0.05) is 0 Å². The number of ketones is 1. The molecule has 0 fully saturated rings. The summed E-state index contributed by atoms with van der Waals surface area (Å²) in [7, 11) is 0. The Labute approximate surface area is 59.8 Å². The van der Waals surface area contributed by atoms with Crippen LogP contribution in [0.5, 0.6) is 0 Å². The van der Waals surface area contributed by atoms with Gasteiger partial charge in [-0.3, -0.25) is 9.89 Å². The van der Waals surface area contributed by atoms with Crippen molar-refractivity contribution in [1.82, 2.24) is 10.2 Å². The maximum absolute atomic E-state index is 10.4. The summed E-state index contributed by atoms with van der Waals surface area (Å²) in [5, 5.41) is 6.14. The Kier molecular flexibility index (Phi) is 3.87. The molecule has 0 saturated heterocycles. The number of carbonyl (C=O) groups excluding carboxylic acids is 1. The topological polar surface area (TPSA) is 45.8 Å². The van der Waals surface area contributed by atoms with Gasteiger partial charge in [0.1, 0.15) is 0 Å². The number of rotatable bonds is 1. The van der Waals surface area contributed by atoms with Gasteiger partial charge >= 0.3 is 0 Å². The third-order valence-electron chi connectivity index (χ3n) is 0.905. The van der Waals surface area contributed by atoms with Crippen LogP contribution in [0.4, 0.5) is 0 Å². The van der Waals surface area contributed by atoms with Crippen LogP contribution in [0.2, 0.25) is 0 Å². The van der Waals surface area contributed by atoms with Crippen LogP contribution in [-0.4, -0.2) is 16.0 Å². The van der Waals surface area contributed by atoms with E-state index in [1.807, 2.05) is 0 Å². The molecule has 3 nitrogen and oxygen atoms in total. The zero-order valence-corrected chi connectivity index (χ0v) is 5.92. The van der Waals surface area contributed by atoms with Crippen LogP contribution in [0.25, 0.3) is 0 Å². The SMILES string of the molecule is C=C.CC(=O)c1cn[nH]c1. The molecular formula is C7H10N2O. The van der Waals surface area contributed by atoms with E-state index >= 15 is 0 Å². The van der Waals surface area contributed by atoms with Crippen molar-refractivity contribution < 1.29 is 4.79 Å². The van der Waals surface area contributed by atoms with Gasteiger partial charge in [0.2, 0.25) is 0 Å². The Balaban J connectivity index is 0.000000371. The Bertz CT molecular complexity index is 191. The molecule has 1 N–H and O–H groups in total. The normalized spacial score (nSPS) is 7.70. The van der Waals surface area contributed by atoms with Crippen molar-refractivity contribution in [2.45, 2.75) is 6.92 Å². The Morgan fingerprint density at radius 3 is 2.50 bits per heavy atom. The van der Waals surface area contributed by atoms with Crippen molar-refractivity contribution >= 4 is 5.78 Å². The number of Topliss-reactive ketones (excluding diaryl/α,β-unsaturated/α-hetero) is 1. The predicted octanol–water partition coefficient (Wildman–Crippen LogP) is 1.41. The van der Waals surface area contributed by atoms with Gasteiger partial charge < -0.3 is 0 Å². The minimum absolute atomic E-state index is 0.0405. The summed E-state index contributed by atoms with van der Waals surface area (Å²) in [5.41, 5.74) is 0.630. The molecule has 0 atom stereocenters. The molecule has 0 aliphatic rings. The fraction of sp³-hybridized carbons (Fsp3) is 0.143. The van der Waals surface area contributed by atoms with Gasteiger partial charge in [-0.25, -0.2) is 0 Å². The smallest absolute Gasteiger partial charge is 0.162 e. The minimum atomic E-state index is 0.0405. The van der Waals surface area contributed by atoms with Crippen LogP contribution in [0.3, 0.4) is 0 Å². The number of hydrogen-bond donors (Lipinski definition) is 1. The highest BCUT2D eigenvalue weighted by atomic mass is 16.1. The van der Waals surface area contributed by atoms with Gasteiger partial charge in [0.25, 0.3) is 0 Å². The van der Waals surface area contributed by atoms with Crippen molar-refractivity contribution in [2.24, 2.45) is 0 Å². The van der Waals surface area contributed by atoms with E-state index in [0.29, 0.717) is 5.56 Å². The zero-order valence-electron chi connectivity index (χ0n) is 5.92. The van der Waals surface area contributed by atoms with Crippen LogP contribution in [0.1, 0.15) is 17.3 Å². The lowest BCUT2D eigenvalue weighted by Gasteiger charge is -1.77. The first kappa shape index (κ1) is 8.62. The second kappa shape index (κ2) is 4.49. The van der Waals surface area contributed by atoms with Crippen LogP contribution in [-0.2, 0) is 0 Å². The lowest BCUT2D eigenvalue weighted by Crippen LogP contribution is -1.85. The molecule has 54 valence electrons. The molecule has 0 radical (unpaired) electrons. The van der Waals surface area contributed by atoms with Crippen LogP contribution in [0.15, 0.2) is 25.6 Å². The predicted molar refractivity (Wildman–Crippen MR) is 39.8 cm³/mol. The van der Waals surface area contributed by atoms with Crippen molar-refractivity contribution in [3.63, 3.8) is 0 Å². The van der Waals surface area contributed by atoms with Crippen molar-refractivity contribution in [2.75, 3.05) is 0 Å². The molecule has 0 aliphatic heterocycles. The molecule has 0 saturated carbocycles. The number of hydrogen-bond acceptors (Lipinski definition) is 2. The van der Waals surface area contributed by atoms with Gasteiger partial charge in [-0.2, -0.15) is 5.10 Å². The van der Waals surface area contributed by atoms with E-state index in [1.165, 1.54) is 13.1 Å². The van der Waals surface area contributed by atoms with Gasteiger partial charge in [-0.15, -0.1) is 13.2 Å². The van der Waals surface area contributed by atoms with E-state index in [1.54, 1.807) is 6.20 Å². The molecule has 0 aromatic carbocycles. The maximum Gasteiger partial charge on any atom is 0.162 e.